The first-order valence-electron chi connectivity index (χ1n) is 13.8. The third-order valence-electron chi connectivity index (χ3n) is 7.65. The van der Waals surface area contributed by atoms with E-state index in [9.17, 15) is 23.9 Å². The van der Waals surface area contributed by atoms with Crippen LogP contribution in [0.2, 0.25) is 0 Å². The number of pyridine rings is 1. The minimum absolute atomic E-state index is 0.00385. The molecule has 3 atom stereocenters. The highest BCUT2D eigenvalue weighted by Crippen LogP contribution is 2.24. The van der Waals surface area contributed by atoms with Crippen LogP contribution in [-0.2, 0) is 9.59 Å². The second-order valence-electron chi connectivity index (χ2n) is 10.9. The number of hydrogen-bond donors (Lipinski definition) is 3. The molecule has 3 heterocycles. The predicted molar refractivity (Wildman–Crippen MR) is 153 cm³/mol. The second kappa shape index (κ2) is 12.2. The summed E-state index contributed by atoms with van der Waals surface area (Å²) in [4.78, 5) is 46.8. The van der Waals surface area contributed by atoms with Crippen LogP contribution >= 0.6 is 0 Å². The molecule has 10 heteroatoms. The molecule has 2 aromatic carbocycles. The molecule has 0 saturated carbocycles. The Morgan fingerprint density at radius 1 is 1.12 bits per heavy atom. The van der Waals surface area contributed by atoms with Gasteiger partial charge in [-0.25, -0.2) is 9.37 Å². The molecule has 0 aliphatic carbocycles. The van der Waals surface area contributed by atoms with E-state index in [0.717, 1.165) is 24.2 Å². The van der Waals surface area contributed by atoms with E-state index in [1.54, 1.807) is 6.07 Å². The zero-order valence-corrected chi connectivity index (χ0v) is 23.1. The lowest BCUT2D eigenvalue weighted by Crippen LogP contribution is -2.49. The highest BCUT2D eigenvalue weighted by molar-refractivity contribution is 5.97. The number of nitrogens with zero attached hydrogens (tertiary/aromatic N) is 3. The van der Waals surface area contributed by atoms with Crippen molar-refractivity contribution in [2.45, 2.75) is 31.5 Å². The van der Waals surface area contributed by atoms with E-state index in [1.807, 2.05) is 31.2 Å². The Labute approximate surface area is 238 Å². The fourth-order valence-electron chi connectivity index (χ4n) is 5.46. The molecule has 0 unspecified atom stereocenters. The number of halogens is 1. The number of hydrogen-bond acceptors (Lipinski definition) is 6. The second-order valence-corrected chi connectivity index (χ2v) is 10.9. The summed E-state index contributed by atoms with van der Waals surface area (Å²) in [5, 5.41) is 16.4. The van der Waals surface area contributed by atoms with Crippen molar-refractivity contribution in [3.05, 3.63) is 83.3 Å². The Morgan fingerprint density at radius 3 is 2.68 bits per heavy atom. The van der Waals surface area contributed by atoms with Gasteiger partial charge in [0.1, 0.15) is 17.6 Å². The van der Waals surface area contributed by atoms with Gasteiger partial charge in [0.25, 0.3) is 5.91 Å². The van der Waals surface area contributed by atoms with Crippen LogP contribution in [0.15, 0.2) is 60.7 Å². The van der Waals surface area contributed by atoms with E-state index < -0.39 is 29.8 Å². The van der Waals surface area contributed by atoms with Crippen molar-refractivity contribution in [2.75, 3.05) is 33.2 Å². The molecule has 2 aliphatic rings. The first kappa shape index (κ1) is 28.4. The minimum atomic E-state index is -0.862. The Morgan fingerprint density at radius 2 is 1.90 bits per heavy atom. The Kier molecular flexibility index (Phi) is 8.41. The van der Waals surface area contributed by atoms with E-state index in [1.165, 1.54) is 29.2 Å². The summed E-state index contributed by atoms with van der Waals surface area (Å²) in [5.41, 5.74) is 2.51. The van der Waals surface area contributed by atoms with Gasteiger partial charge in [0.2, 0.25) is 11.8 Å². The van der Waals surface area contributed by atoms with Gasteiger partial charge in [0, 0.05) is 37.4 Å². The first-order valence-corrected chi connectivity index (χ1v) is 13.8. The predicted octanol–water partition coefficient (Wildman–Crippen LogP) is 2.52. The third kappa shape index (κ3) is 6.61. The number of likely N-dealkylation sites (tertiary alicyclic amines) is 2. The highest BCUT2D eigenvalue weighted by Gasteiger charge is 2.39. The van der Waals surface area contributed by atoms with E-state index in [4.69, 9.17) is 0 Å². The molecule has 0 bridgehead atoms. The van der Waals surface area contributed by atoms with Crippen molar-refractivity contribution in [3.63, 3.8) is 0 Å². The van der Waals surface area contributed by atoms with Gasteiger partial charge in [-0.1, -0.05) is 42.5 Å². The SMILES string of the molecule is C[C@H](NC(=O)[C@@H]1C[C@@H](O)CN1C(=O)CNC(=O)c1ccc2cc(F)ccc2n1)c1ccccc1/C=C/C1CN(C)C1. The summed E-state index contributed by atoms with van der Waals surface area (Å²) >= 11 is 0. The van der Waals surface area contributed by atoms with Crippen molar-refractivity contribution in [3.8, 4) is 0 Å². The van der Waals surface area contributed by atoms with Gasteiger partial charge in [-0.05, 0) is 49.4 Å². The summed E-state index contributed by atoms with van der Waals surface area (Å²) < 4.78 is 13.4. The van der Waals surface area contributed by atoms with Crippen LogP contribution in [0.5, 0.6) is 0 Å². The smallest absolute Gasteiger partial charge is 0.270 e. The van der Waals surface area contributed by atoms with Crippen molar-refractivity contribution in [1.82, 2.24) is 25.4 Å². The third-order valence-corrected chi connectivity index (χ3v) is 7.65. The summed E-state index contributed by atoms with van der Waals surface area (Å²) in [6.45, 7) is 3.58. The van der Waals surface area contributed by atoms with Crippen molar-refractivity contribution in [1.29, 1.82) is 0 Å². The molecule has 2 fully saturated rings. The molecule has 9 nitrogen and oxygen atoms in total. The Hall–Kier alpha value is -4.15. The average molecular weight is 560 g/mol. The summed E-state index contributed by atoms with van der Waals surface area (Å²) in [6.07, 6.45) is 3.55. The van der Waals surface area contributed by atoms with Gasteiger partial charge < -0.3 is 25.5 Å². The minimum Gasteiger partial charge on any atom is -0.391 e. The number of aliphatic hydroxyl groups excluding tert-OH is 1. The summed E-state index contributed by atoms with van der Waals surface area (Å²) in [5.74, 6) is -1.31. The molecule has 5 rings (SSSR count). The maximum absolute atomic E-state index is 13.4. The lowest BCUT2D eigenvalue weighted by molar-refractivity contribution is -0.138. The zero-order chi connectivity index (χ0) is 29.1. The quantitative estimate of drug-likeness (QED) is 0.391. The number of benzene rings is 2. The number of nitrogens with one attached hydrogen (secondary N) is 2. The summed E-state index contributed by atoms with van der Waals surface area (Å²) in [6, 6.07) is 13.8. The lowest BCUT2D eigenvalue weighted by Gasteiger charge is -2.34. The molecule has 1 aromatic heterocycles. The number of aromatic nitrogens is 1. The maximum Gasteiger partial charge on any atom is 0.270 e. The van der Waals surface area contributed by atoms with E-state index in [2.05, 4.69) is 39.7 Å². The van der Waals surface area contributed by atoms with Crippen LogP contribution in [0, 0.1) is 11.7 Å². The number of aliphatic hydroxyl groups is 1. The first-order chi connectivity index (χ1) is 19.7. The van der Waals surface area contributed by atoms with Gasteiger partial charge in [0.15, 0.2) is 0 Å². The standard InChI is InChI=1S/C31H34FN5O4/c1-19(25-6-4-3-5-21(25)8-7-20-16-36(2)17-20)34-31(41)28-14-24(38)18-37(28)29(39)15-33-30(40)27-11-9-22-13-23(32)10-12-26(22)35-27/h3-13,19-20,24,28,38H,14-18H2,1-2H3,(H,33,40)(H,34,41)/b8-7+/t19-,24+,28-/m0/s1. The number of carbonyl (C=O) groups is 3. The maximum atomic E-state index is 13.4. The lowest BCUT2D eigenvalue weighted by atomic mass is 9.96. The van der Waals surface area contributed by atoms with Crippen LogP contribution in [0.4, 0.5) is 4.39 Å². The topological polar surface area (TPSA) is 115 Å². The van der Waals surface area contributed by atoms with Crippen LogP contribution in [-0.4, -0.2) is 83.0 Å². The van der Waals surface area contributed by atoms with Crippen LogP contribution < -0.4 is 10.6 Å². The van der Waals surface area contributed by atoms with Gasteiger partial charge in [-0.2, -0.15) is 0 Å². The molecule has 41 heavy (non-hydrogen) atoms. The van der Waals surface area contributed by atoms with Crippen LogP contribution in [0.3, 0.4) is 0 Å². The average Bonchev–Trinajstić information content (AvgIpc) is 3.35. The number of β-amino-alcohol motifs (C(OH)–C–C–N with tert-alkyl or cyclic N) is 1. The highest BCUT2D eigenvalue weighted by atomic mass is 19.1. The van der Waals surface area contributed by atoms with E-state index in [-0.39, 0.29) is 37.2 Å². The fraction of sp³-hybridized carbons (Fsp3) is 0.355. The number of rotatable bonds is 8. The van der Waals surface area contributed by atoms with Gasteiger partial charge in [-0.3, -0.25) is 14.4 Å². The van der Waals surface area contributed by atoms with Gasteiger partial charge >= 0.3 is 0 Å². The molecule has 0 radical (unpaired) electrons. The van der Waals surface area contributed by atoms with Crippen molar-refractivity contribution < 1.29 is 23.9 Å². The Bertz CT molecular complexity index is 1490. The van der Waals surface area contributed by atoms with E-state index >= 15 is 0 Å². The molecular weight excluding hydrogens is 525 g/mol. The normalized spacial score (nSPS) is 20.2. The fourth-order valence-corrected chi connectivity index (χ4v) is 5.46. The van der Waals surface area contributed by atoms with Crippen LogP contribution in [0.1, 0.15) is 41.0 Å². The Balaban J connectivity index is 1.20. The molecule has 2 saturated heterocycles. The number of fused-ring (bicyclic) bond motifs is 1. The molecule has 3 amide bonds. The van der Waals surface area contributed by atoms with Crippen molar-refractivity contribution in [2.24, 2.45) is 5.92 Å². The molecular formula is C31H34FN5O4. The molecule has 0 spiro atoms. The largest absolute Gasteiger partial charge is 0.391 e. The van der Waals surface area contributed by atoms with Gasteiger partial charge in [0.05, 0.1) is 24.2 Å². The summed E-state index contributed by atoms with van der Waals surface area (Å²) in [7, 11) is 2.09. The van der Waals surface area contributed by atoms with Crippen molar-refractivity contribution >= 4 is 34.7 Å². The van der Waals surface area contributed by atoms with Crippen LogP contribution in [0.25, 0.3) is 17.0 Å². The molecule has 214 valence electrons. The molecule has 3 N–H and O–H groups in total. The zero-order valence-electron chi connectivity index (χ0n) is 23.1. The van der Waals surface area contributed by atoms with E-state index in [0.29, 0.717) is 16.8 Å². The number of amides is 3. The molecule has 2 aliphatic heterocycles. The van der Waals surface area contributed by atoms with Gasteiger partial charge in [-0.15, -0.1) is 0 Å². The monoisotopic (exact) mass is 559 g/mol. The molecule has 3 aromatic rings. The number of carbonyl (C=O) groups excluding carboxylic acids is 3.